The quantitative estimate of drug-likeness (QED) is 0.121. The summed E-state index contributed by atoms with van der Waals surface area (Å²) in [7, 11) is 0. The highest BCUT2D eigenvalue weighted by Gasteiger charge is 2.28. The number of benzene rings is 12. The van der Waals surface area contributed by atoms with Gasteiger partial charge in [0.1, 0.15) is 0 Å². The van der Waals surface area contributed by atoms with Crippen molar-refractivity contribution in [3.63, 3.8) is 0 Å². The molecule has 0 aromatic heterocycles. The Kier molecular flexibility index (Phi) is 7.11. The van der Waals surface area contributed by atoms with Crippen LogP contribution in [0.4, 0.5) is 0 Å². The Balaban J connectivity index is 1.16. The lowest BCUT2D eigenvalue weighted by molar-refractivity contribution is 1.59. The fourth-order valence-electron chi connectivity index (χ4n) is 10.4. The third-order valence-corrected chi connectivity index (χ3v) is 13.1. The molecule has 0 radical (unpaired) electrons. The Bertz CT molecular complexity index is 3670. The molecule has 0 bridgehead atoms. The van der Waals surface area contributed by atoms with Crippen molar-refractivity contribution in [3.8, 4) is 77.9 Å². The molecule has 12 aromatic carbocycles. The van der Waals surface area contributed by atoms with Crippen molar-refractivity contribution in [2.75, 3.05) is 0 Å². The average molecular weight is 757 g/mol. The fourth-order valence-corrected chi connectivity index (χ4v) is 10.4. The molecule has 60 heavy (non-hydrogen) atoms. The van der Waals surface area contributed by atoms with E-state index >= 15 is 0 Å². The van der Waals surface area contributed by atoms with Gasteiger partial charge in [-0.3, -0.25) is 0 Å². The van der Waals surface area contributed by atoms with Gasteiger partial charge in [-0.15, -0.1) is 0 Å². The lowest BCUT2D eigenvalue weighted by Crippen LogP contribution is -1.93. The van der Waals surface area contributed by atoms with Gasteiger partial charge in [0, 0.05) is 0 Å². The SMILES string of the molecule is c1ccc(-c2cccc(-c3ccc4c(-c5cccc(-c6ccccc6)c5)c5cc6c(cc5c(-c5ccccc5)c4c3)-c3cc4cccc5ccc7ccc-6c3c7c54)c2)cc1. The second kappa shape index (κ2) is 12.9. The maximum atomic E-state index is 2.53. The van der Waals surface area contributed by atoms with Crippen molar-refractivity contribution in [2.24, 2.45) is 0 Å². The standard InChI is InChI=1S/C60H36/c1-4-13-37(14-5-1)42-20-11-22-44(31-42)45-28-30-49-52(33-45)57(39-17-8-3-9-18-39)54-36-51-50(35-55(54)58(49)46-23-12-21-43(32-46)38-15-6-2-7-16-38)48-29-27-41-26-25-40-19-10-24-47-34-53(51)60(48)59(41)56(40)47/h1-36H. The van der Waals surface area contributed by atoms with Gasteiger partial charge < -0.3 is 0 Å². The van der Waals surface area contributed by atoms with E-state index in [2.05, 4.69) is 218 Å². The highest BCUT2D eigenvalue weighted by atomic mass is 14.3. The maximum Gasteiger partial charge on any atom is -0.00137 e. The summed E-state index contributed by atoms with van der Waals surface area (Å²) in [6.45, 7) is 0. The van der Waals surface area contributed by atoms with Crippen LogP contribution < -0.4 is 0 Å². The Hall–Kier alpha value is -7.80. The highest BCUT2D eigenvalue weighted by Crippen LogP contribution is 2.55. The summed E-state index contributed by atoms with van der Waals surface area (Å²) in [4.78, 5) is 0. The highest BCUT2D eigenvalue weighted by molar-refractivity contribution is 6.33. The summed E-state index contributed by atoms with van der Waals surface area (Å²) in [5, 5.41) is 13.1. The monoisotopic (exact) mass is 756 g/mol. The third-order valence-electron chi connectivity index (χ3n) is 13.1. The van der Waals surface area contributed by atoms with E-state index in [9.17, 15) is 0 Å². The predicted molar refractivity (Wildman–Crippen MR) is 257 cm³/mol. The summed E-state index contributed by atoms with van der Waals surface area (Å²) in [5.74, 6) is 0. The average Bonchev–Trinajstić information content (AvgIpc) is 3.63. The second-order valence-corrected chi connectivity index (χ2v) is 16.4. The van der Waals surface area contributed by atoms with E-state index in [0.717, 1.165) is 0 Å². The molecule has 1 aliphatic carbocycles. The van der Waals surface area contributed by atoms with Crippen LogP contribution in [0, 0.1) is 0 Å². The second-order valence-electron chi connectivity index (χ2n) is 16.4. The Morgan fingerprint density at radius 2 is 0.650 bits per heavy atom. The van der Waals surface area contributed by atoms with Crippen molar-refractivity contribution in [3.05, 3.63) is 218 Å². The van der Waals surface area contributed by atoms with Crippen molar-refractivity contribution < 1.29 is 0 Å². The van der Waals surface area contributed by atoms with Gasteiger partial charge in [-0.25, -0.2) is 0 Å². The molecular formula is C60H36. The van der Waals surface area contributed by atoms with E-state index in [4.69, 9.17) is 0 Å². The molecule has 0 atom stereocenters. The molecule has 0 fully saturated rings. The number of hydrogen-bond donors (Lipinski definition) is 0. The minimum Gasteiger partial charge on any atom is -0.0622 e. The topological polar surface area (TPSA) is 0 Å². The van der Waals surface area contributed by atoms with Gasteiger partial charge >= 0.3 is 0 Å². The van der Waals surface area contributed by atoms with E-state index in [1.807, 2.05) is 0 Å². The molecule has 0 saturated heterocycles. The molecule has 1 aliphatic rings. The molecule has 0 saturated carbocycles. The van der Waals surface area contributed by atoms with E-state index in [-0.39, 0.29) is 0 Å². The van der Waals surface area contributed by atoms with Crippen LogP contribution in [0.3, 0.4) is 0 Å². The first-order chi connectivity index (χ1) is 29.7. The van der Waals surface area contributed by atoms with Crippen LogP contribution in [0.15, 0.2) is 218 Å². The van der Waals surface area contributed by atoms with Gasteiger partial charge in [-0.05, 0) is 168 Å². The van der Waals surface area contributed by atoms with Crippen LogP contribution in [-0.2, 0) is 0 Å². The first kappa shape index (κ1) is 33.2. The molecule has 276 valence electrons. The molecule has 0 N–H and O–H groups in total. The number of fused-ring (bicyclic) bond motifs is 5. The molecule has 13 rings (SSSR count). The van der Waals surface area contributed by atoms with Gasteiger partial charge in [0.15, 0.2) is 0 Å². The summed E-state index contributed by atoms with van der Waals surface area (Å²) < 4.78 is 0. The zero-order valence-electron chi connectivity index (χ0n) is 32.8. The van der Waals surface area contributed by atoms with E-state index in [1.165, 1.54) is 132 Å². The molecule has 0 aliphatic heterocycles. The molecule has 0 heterocycles. The predicted octanol–water partition coefficient (Wildman–Crippen LogP) is 16.9. The minimum atomic E-state index is 1.21. The van der Waals surface area contributed by atoms with E-state index < -0.39 is 0 Å². The molecular weight excluding hydrogens is 721 g/mol. The van der Waals surface area contributed by atoms with Crippen molar-refractivity contribution in [2.45, 2.75) is 0 Å². The first-order valence-corrected chi connectivity index (χ1v) is 20.9. The van der Waals surface area contributed by atoms with E-state index in [1.54, 1.807) is 0 Å². The Morgan fingerprint density at radius 1 is 0.183 bits per heavy atom. The molecule has 0 heteroatoms. The van der Waals surface area contributed by atoms with Crippen LogP contribution in [-0.4, -0.2) is 0 Å². The Morgan fingerprint density at radius 3 is 1.33 bits per heavy atom. The van der Waals surface area contributed by atoms with Crippen LogP contribution in [0.5, 0.6) is 0 Å². The van der Waals surface area contributed by atoms with Gasteiger partial charge in [0.05, 0.1) is 0 Å². The summed E-state index contributed by atoms with van der Waals surface area (Å²) in [6.07, 6.45) is 0. The lowest BCUT2D eigenvalue weighted by atomic mass is 9.82. The van der Waals surface area contributed by atoms with Gasteiger partial charge in [0.25, 0.3) is 0 Å². The number of rotatable bonds is 5. The molecule has 0 unspecified atom stereocenters. The fraction of sp³-hybridized carbons (Fsp3) is 0. The van der Waals surface area contributed by atoms with Gasteiger partial charge in [0.2, 0.25) is 0 Å². The van der Waals surface area contributed by atoms with Crippen LogP contribution in [0.2, 0.25) is 0 Å². The minimum absolute atomic E-state index is 1.21. The van der Waals surface area contributed by atoms with Crippen molar-refractivity contribution >= 4 is 53.9 Å². The van der Waals surface area contributed by atoms with Crippen LogP contribution in [0.25, 0.3) is 132 Å². The zero-order chi connectivity index (χ0) is 39.3. The van der Waals surface area contributed by atoms with Crippen molar-refractivity contribution in [1.82, 2.24) is 0 Å². The summed E-state index contributed by atoms with van der Waals surface area (Å²) >= 11 is 0. The van der Waals surface area contributed by atoms with E-state index in [0.29, 0.717) is 0 Å². The summed E-state index contributed by atoms with van der Waals surface area (Å²) in [6, 6.07) is 81.4. The lowest BCUT2D eigenvalue weighted by Gasteiger charge is -2.21. The van der Waals surface area contributed by atoms with Crippen LogP contribution in [0.1, 0.15) is 0 Å². The first-order valence-electron chi connectivity index (χ1n) is 20.9. The Labute approximate surface area is 348 Å². The largest absolute Gasteiger partial charge is 0.0622 e. The molecule has 0 amide bonds. The zero-order valence-corrected chi connectivity index (χ0v) is 32.8. The van der Waals surface area contributed by atoms with Crippen LogP contribution >= 0.6 is 0 Å². The molecule has 12 aromatic rings. The third kappa shape index (κ3) is 4.92. The smallest absolute Gasteiger partial charge is 0.00137 e. The van der Waals surface area contributed by atoms with Gasteiger partial charge in [-0.2, -0.15) is 0 Å². The normalized spacial score (nSPS) is 12.0. The van der Waals surface area contributed by atoms with Crippen molar-refractivity contribution in [1.29, 1.82) is 0 Å². The summed E-state index contributed by atoms with van der Waals surface area (Å²) in [5.41, 5.74) is 17.5. The van der Waals surface area contributed by atoms with Gasteiger partial charge in [-0.1, -0.05) is 182 Å². The maximum absolute atomic E-state index is 2.53. The number of hydrogen-bond acceptors (Lipinski definition) is 0. The molecule has 0 spiro atoms. The molecule has 0 nitrogen and oxygen atoms in total.